The summed E-state index contributed by atoms with van der Waals surface area (Å²) in [6.45, 7) is 5.74. The first-order chi connectivity index (χ1) is 9.40. The van der Waals surface area contributed by atoms with Crippen LogP contribution in [-0.4, -0.2) is 23.5 Å². The number of phenols is 1. The van der Waals surface area contributed by atoms with Gasteiger partial charge in [-0.2, -0.15) is 0 Å². The number of phenolic OH excluding ortho intramolecular Hbond substituents is 1. The summed E-state index contributed by atoms with van der Waals surface area (Å²) in [6.07, 6.45) is 1.22. The van der Waals surface area contributed by atoms with Crippen molar-refractivity contribution in [1.82, 2.24) is 5.32 Å². The minimum atomic E-state index is -0.358. The minimum absolute atomic E-state index is 0.0481. The molecule has 0 heterocycles. The van der Waals surface area contributed by atoms with Crippen molar-refractivity contribution in [2.75, 3.05) is 11.9 Å². The standard InChI is InChI=1S/C15H22N2O3/c1-10(2)7-8-13(18)16-9-14(19)17-12-6-4-5-11(3)15(12)20/h4-6,10,20H,7-9H2,1-3H3,(H,16,18)(H,17,19). The van der Waals surface area contributed by atoms with Gasteiger partial charge in [-0.25, -0.2) is 0 Å². The topological polar surface area (TPSA) is 78.4 Å². The molecule has 1 rings (SSSR count). The van der Waals surface area contributed by atoms with Crippen molar-refractivity contribution in [3.05, 3.63) is 23.8 Å². The summed E-state index contributed by atoms with van der Waals surface area (Å²) in [5, 5.41) is 14.9. The Morgan fingerprint density at radius 1 is 1.25 bits per heavy atom. The van der Waals surface area contributed by atoms with Crippen LogP contribution in [0.3, 0.4) is 0 Å². The van der Waals surface area contributed by atoms with Crippen molar-refractivity contribution in [2.24, 2.45) is 5.92 Å². The van der Waals surface area contributed by atoms with E-state index in [1.807, 2.05) is 13.8 Å². The normalized spacial score (nSPS) is 10.4. The summed E-state index contributed by atoms with van der Waals surface area (Å²) in [5.41, 5.74) is 1.04. The van der Waals surface area contributed by atoms with E-state index in [-0.39, 0.29) is 24.1 Å². The number of amides is 2. The van der Waals surface area contributed by atoms with E-state index in [2.05, 4.69) is 10.6 Å². The van der Waals surface area contributed by atoms with Gasteiger partial charge in [-0.15, -0.1) is 0 Å². The van der Waals surface area contributed by atoms with E-state index in [1.165, 1.54) is 0 Å². The fourth-order valence-electron chi connectivity index (χ4n) is 1.64. The number of carbonyl (C=O) groups excluding carboxylic acids is 2. The smallest absolute Gasteiger partial charge is 0.243 e. The van der Waals surface area contributed by atoms with Gasteiger partial charge in [0, 0.05) is 6.42 Å². The Balaban J connectivity index is 2.40. The lowest BCUT2D eigenvalue weighted by Gasteiger charge is -2.10. The van der Waals surface area contributed by atoms with Gasteiger partial charge in [-0.3, -0.25) is 9.59 Å². The predicted molar refractivity (Wildman–Crippen MR) is 78.6 cm³/mol. The molecule has 5 heteroatoms. The van der Waals surface area contributed by atoms with E-state index >= 15 is 0 Å². The second kappa shape index (κ2) is 7.53. The van der Waals surface area contributed by atoms with Crippen molar-refractivity contribution in [3.8, 4) is 5.75 Å². The summed E-state index contributed by atoms with van der Waals surface area (Å²) < 4.78 is 0. The van der Waals surface area contributed by atoms with E-state index in [4.69, 9.17) is 0 Å². The third kappa shape index (κ3) is 5.30. The quantitative estimate of drug-likeness (QED) is 0.698. The molecule has 0 unspecified atom stereocenters. The summed E-state index contributed by atoms with van der Waals surface area (Å²) in [4.78, 5) is 23.2. The molecule has 1 aromatic carbocycles. The Bertz CT molecular complexity index is 484. The number of nitrogens with one attached hydrogen (secondary N) is 2. The molecule has 0 aliphatic heterocycles. The number of para-hydroxylation sites is 1. The number of carbonyl (C=O) groups is 2. The number of rotatable bonds is 6. The lowest BCUT2D eigenvalue weighted by molar-refractivity contribution is -0.124. The Labute approximate surface area is 119 Å². The minimum Gasteiger partial charge on any atom is -0.505 e. The van der Waals surface area contributed by atoms with Gasteiger partial charge in [0.15, 0.2) is 0 Å². The molecule has 0 aromatic heterocycles. The second-order valence-corrected chi connectivity index (χ2v) is 5.23. The van der Waals surface area contributed by atoms with Gasteiger partial charge in [0.1, 0.15) is 5.75 Å². The summed E-state index contributed by atoms with van der Waals surface area (Å²) in [6, 6.07) is 5.10. The van der Waals surface area contributed by atoms with Crippen molar-refractivity contribution in [3.63, 3.8) is 0 Å². The summed E-state index contributed by atoms with van der Waals surface area (Å²) in [7, 11) is 0. The highest BCUT2D eigenvalue weighted by atomic mass is 16.3. The van der Waals surface area contributed by atoms with E-state index in [1.54, 1.807) is 25.1 Å². The van der Waals surface area contributed by atoms with Crippen LogP contribution in [0.4, 0.5) is 5.69 Å². The molecule has 0 radical (unpaired) electrons. The lowest BCUT2D eigenvalue weighted by atomic mass is 10.1. The van der Waals surface area contributed by atoms with Crippen LogP contribution in [0.25, 0.3) is 0 Å². The van der Waals surface area contributed by atoms with Crippen LogP contribution in [0, 0.1) is 12.8 Å². The number of hydrogen-bond donors (Lipinski definition) is 3. The summed E-state index contributed by atoms with van der Waals surface area (Å²) in [5.74, 6) is 0.0110. The lowest BCUT2D eigenvalue weighted by Crippen LogP contribution is -2.32. The maximum absolute atomic E-state index is 11.7. The van der Waals surface area contributed by atoms with Crippen molar-refractivity contribution < 1.29 is 14.7 Å². The highest BCUT2D eigenvalue weighted by Crippen LogP contribution is 2.26. The van der Waals surface area contributed by atoms with Crippen molar-refractivity contribution in [1.29, 1.82) is 0 Å². The Morgan fingerprint density at radius 3 is 2.60 bits per heavy atom. The number of benzene rings is 1. The fourth-order valence-corrected chi connectivity index (χ4v) is 1.64. The van der Waals surface area contributed by atoms with Gasteiger partial charge >= 0.3 is 0 Å². The zero-order valence-corrected chi connectivity index (χ0v) is 12.2. The zero-order chi connectivity index (χ0) is 15.1. The third-order valence-electron chi connectivity index (χ3n) is 2.91. The van der Waals surface area contributed by atoms with Gasteiger partial charge < -0.3 is 15.7 Å². The van der Waals surface area contributed by atoms with Gasteiger partial charge in [-0.1, -0.05) is 26.0 Å². The highest BCUT2D eigenvalue weighted by molar-refractivity contribution is 5.95. The zero-order valence-electron chi connectivity index (χ0n) is 12.2. The monoisotopic (exact) mass is 278 g/mol. The molecule has 2 amide bonds. The van der Waals surface area contributed by atoms with Crippen LogP contribution < -0.4 is 10.6 Å². The highest BCUT2D eigenvalue weighted by Gasteiger charge is 2.09. The number of aromatic hydroxyl groups is 1. The molecule has 0 atom stereocenters. The summed E-state index contributed by atoms with van der Waals surface area (Å²) >= 11 is 0. The second-order valence-electron chi connectivity index (χ2n) is 5.23. The first-order valence-electron chi connectivity index (χ1n) is 6.75. The molecule has 0 aliphatic rings. The molecular weight excluding hydrogens is 256 g/mol. The molecule has 20 heavy (non-hydrogen) atoms. The maximum Gasteiger partial charge on any atom is 0.243 e. The molecular formula is C15H22N2O3. The number of aryl methyl sites for hydroxylation is 1. The van der Waals surface area contributed by atoms with Crippen LogP contribution in [0.15, 0.2) is 18.2 Å². The average Bonchev–Trinajstić information content (AvgIpc) is 2.39. The van der Waals surface area contributed by atoms with Crippen LogP contribution in [0.1, 0.15) is 32.3 Å². The molecule has 1 aromatic rings. The first-order valence-corrected chi connectivity index (χ1v) is 6.75. The largest absolute Gasteiger partial charge is 0.505 e. The van der Waals surface area contributed by atoms with Crippen molar-refractivity contribution >= 4 is 17.5 Å². The van der Waals surface area contributed by atoms with Gasteiger partial charge in [-0.05, 0) is 30.9 Å². The van der Waals surface area contributed by atoms with Gasteiger partial charge in [0.2, 0.25) is 11.8 Å². The van der Waals surface area contributed by atoms with Crippen LogP contribution in [-0.2, 0) is 9.59 Å². The Hall–Kier alpha value is -2.04. The number of hydrogen-bond acceptors (Lipinski definition) is 3. The maximum atomic E-state index is 11.7. The van der Waals surface area contributed by atoms with Gasteiger partial charge in [0.05, 0.1) is 12.2 Å². The van der Waals surface area contributed by atoms with Gasteiger partial charge in [0.25, 0.3) is 0 Å². The molecule has 5 nitrogen and oxygen atoms in total. The molecule has 0 saturated carbocycles. The fraction of sp³-hybridized carbons (Fsp3) is 0.467. The molecule has 0 saturated heterocycles. The SMILES string of the molecule is Cc1cccc(NC(=O)CNC(=O)CCC(C)C)c1O. The predicted octanol–water partition coefficient (Wildman–Crippen LogP) is 2.19. The van der Waals surface area contributed by atoms with Crippen LogP contribution >= 0.6 is 0 Å². The molecule has 0 fully saturated rings. The third-order valence-corrected chi connectivity index (χ3v) is 2.91. The van der Waals surface area contributed by atoms with Crippen LogP contribution in [0.5, 0.6) is 5.75 Å². The Kier molecular flexibility index (Phi) is 6.03. The van der Waals surface area contributed by atoms with E-state index in [0.29, 0.717) is 23.6 Å². The molecule has 0 bridgehead atoms. The average molecular weight is 278 g/mol. The van der Waals surface area contributed by atoms with E-state index in [0.717, 1.165) is 6.42 Å². The molecule has 0 spiro atoms. The van der Waals surface area contributed by atoms with E-state index < -0.39 is 0 Å². The Morgan fingerprint density at radius 2 is 1.95 bits per heavy atom. The molecule has 0 aliphatic carbocycles. The van der Waals surface area contributed by atoms with Crippen LogP contribution in [0.2, 0.25) is 0 Å². The molecule has 3 N–H and O–H groups in total. The van der Waals surface area contributed by atoms with E-state index in [9.17, 15) is 14.7 Å². The first kappa shape index (κ1) is 16.0. The van der Waals surface area contributed by atoms with Crippen molar-refractivity contribution in [2.45, 2.75) is 33.6 Å². The molecule has 110 valence electrons. The number of anilines is 1.